The first-order valence-electron chi connectivity index (χ1n) is 6.85. The van der Waals surface area contributed by atoms with Gasteiger partial charge < -0.3 is 0 Å². The summed E-state index contributed by atoms with van der Waals surface area (Å²) in [4.78, 5) is 24.6. The van der Waals surface area contributed by atoms with Crippen LogP contribution >= 0.6 is 47.2 Å². The molecule has 0 N–H and O–H groups in total. The molecule has 0 atom stereocenters. The quantitative estimate of drug-likeness (QED) is 0.297. The highest BCUT2D eigenvalue weighted by atomic mass is 35.5. The van der Waals surface area contributed by atoms with E-state index in [0.29, 0.717) is 30.5 Å². The second kappa shape index (κ2) is 7.13. The van der Waals surface area contributed by atoms with E-state index in [9.17, 15) is 14.9 Å². The molecule has 1 amide bonds. The molecule has 0 unspecified atom stereocenters. The van der Waals surface area contributed by atoms with Crippen LogP contribution in [-0.4, -0.2) is 15.2 Å². The number of nitrogens with zero attached hydrogens (tertiary/aromatic N) is 2. The first-order chi connectivity index (χ1) is 11.9. The molecular weight excluding hydrogens is 403 g/mol. The maximum Gasteiger partial charge on any atom is 0.270 e. The molecule has 1 aliphatic rings. The number of thiocarbonyl (C=S) groups is 1. The Morgan fingerprint density at radius 2 is 1.72 bits per heavy atom. The van der Waals surface area contributed by atoms with Crippen molar-refractivity contribution in [2.45, 2.75) is 0 Å². The fourth-order valence-electron chi connectivity index (χ4n) is 2.19. The largest absolute Gasteiger partial charge is 0.270 e. The van der Waals surface area contributed by atoms with Crippen LogP contribution in [0.4, 0.5) is 11.4 Å². The number of thioether (sulfide) groups is 1. The fourth-order valence-corrected chi connectivity index (χ4v) is 3.98. The van der Waals surface area contributed by atoms with Gasteiger partial charge in [-0.15, -0.1) is 0 Å². The molecule has 5 nitrogen and oxygen atoms in total. The van der Waals surface area contributed by atoms with Gasteiger partial charge in [-0.1, -0.05) is 53.2 Å². The molecule has 2 aromatic rings. The third-order valence-electron chi connectivity index (χ3n) is 3.39. The van der Waals surface area contributed by atoms with Gasteiger partial charge in [-0.2, -0.15) is 0 Å². The van der Waals surface area contributed by atoms with Gasteiger partial charge in [0.2, 0.25) is 0 Å². The number of rotatable bonds is 3. The smallest absolute Gasteiger partial charge is 0.268 e. The number of hydrogen-bond acceptors (Lipinski definition) is 5. The average molecular weight is 411 g/mol. The lowest BCUT2D eigenvalue weighted by Crippen LogP contribution is -2.27. The molecule has 1 aliphatic heterocycles. The van der Waals surface area contributed by atoms with Crippen LogP contribution in [0, 0.1) is 10.1 Å². The number of halogens is 2. The predicted molar refractivity (Wildman–Crippen MR) is 105 cm³/mol. The topological polar surface area (TPSA) is 63.5 Å². The third kappa shape index (κ3) is 3.55. The van der Waals surface area contributed by atoms with Crippen molar-refractivity contribution in [3.8, 4) is 0 Å². The van der Waals surface area contributed by atoms with Crippen LogP contribution < -0.4 is 4.90 Å². The van der Waals surface area contributed by atoms with Crippen LogP contribution in [0.5, 0.6) is 0 Å². The van der Waals surface area contributed by atoms with Crippen LogP contribution in [0.15, 0.2) is 47.4 Å². The molecule has 2 aromatic carbocycles. The minimum absolute atomic E-state index is 0.0624. The number of benzene rings is 2. The molecule has 9 heteroatoms. The van der Waals surface area contributed by atoms with Gasteiger partial charge in [0.25, 0.3) is 11.6 Å². The summed E-state index contributed by atoms with van der Waals surface area (Å²) in [5, 5.41) is 11.6. The lowest BCUT2D eigenvalue weighted by atomic mass is 10.2. The summed E-state index contributed by atoms with van der Waals surface area (Å²) >= 11 is 18.7. The first-order valence-corrected chi connectivity index (χ1v) is 8.83. The van der Waals surface area contributed by atoms with Crippen molar-refractivity contribution in [2.24, 2.45) is 0 Å². The van der Waals surface area contributed by atoms with Gasteiger partial charge >= 0.3 is 0 Å². The van der Waals surface area contributed by atoms with E-state index < -0.39 is 4.92 Å². The molecule has 126 valence electrons. The van der Waals surface area contributed by atoms with E-state index in [1.807, 2.05) is 0 Å². The number of nitro benzene ring substituents is 1. The lowest BCUT2D eigenvalue weighted by Gasteiger charge is -2.14. The van der Waals surface area contributed by atoms with Gasteiger partial charge in [-0.25, -0.2) is 0 Å². The normalized spacial score (nSPS) is 15.9. The summed E-state index contributed by atoms with van der Waals surface area (Å²) in [6.45, 7) is 0. The maximum atomic E-state index is 12.7. The Morgan fingerprint density at radius 3 is 2.28 bits per heavy atom. The van der Waals surface area contributed by atoms with E-state index in [1.54, 1.807) is 24.3 Å². The van der Waals surface area contributed by atoms with Gasteiger partial charge in [0.1, 0.15) is 0 Å². The monoisotopic (exact) mass is 410 g/mol. The van der Waals surface area contributed by atoms with Crippen molar-refractivity contribution in [1.29, 1.82) is 0 Å². The van der Waals surface area contributed by atoms with Crippen LogP contribution in [-0.2, 0) is 4.79 Å². The zero-order valence-electron chi connectivity index (χ0n) is 12.3. The number of carbonyl (C=O) groups is 1. The Kier molecular flexibility index (Phi) is 5.10. The summed E-state index contributed by atoms with van der Waals surface area (Å²) in [5.41, 5.74) is 0.935. The molecular formula is C16H8Cl2N2O3S2. The van der Waals surface area contributed by atoms with E-state index in [1.165, 1.54) is 29.2 Å². The third-order valence-corrected chi connectivity index (χ3v) is 5.35. The van der Waals surface area contributed by atoms with Crippen molar-refractivity contribution in [2.75, 3.05) is 4.90 Å². The summed E-state index contributed by atoms with van der Waals surface area (Å²) in [5.74, 6) is -0.333. The van der Waals surface area contributed by atoms with Gasteiger partial charge in [0, 0.05) is 27.7 Å². The van der Waals surface area contributed by atoms with Gasteiger partial charge in [-0.3, -0.25) is 19.8 Å². The number of anilines is 1. The van der Waals surface area contributed by atoms with Crippen molar-refractivity contribution >= 4 is 74.9 Å². The highest BCUT2D eigenvalue weighted by Crippen LogP contribution is 2.38. The SMILES string of the molecule is O=C1/C(=C\c2c(Cl)cccc2Cl)SC(=S)N1c1ccc([N+](=O)[O-])cc1. The second-order valence-electron chi connectivity index (χ2n) is 4.93. The number of non-ortho nitro benzene ring substituents is 1. The van der Waals surface area contributed by atoms with E-state index >= 15 is 0 Å². The number of carbonyl (C=O) groups excluding carboxylic acids is 1. The number of nitro groups is 1. The van der Waals surface area contributed by atoms with Crippen molar-refractivity contribution in [3.05, 3.63) is 73.1 Å². The van der Waals surface area contributed by atoms with Crippen LogP contribution in [0.25, 0.3) is 6.08 Å². The maximum absolute atomic E-state index is 12.7. The van der Waals surface area contributed by atoms with Gasteiger partial charge in [-0.05, 0) is 30.3 Å². The molecule has 0 spiro atoms. The van der Waals surface area contributed by atoms with Crippen molar-refractivity contribution in [3.63, 3.8) is 0 Å². The summed E-state index contributed by atoms with van der Waals surface area (Å²) in [6.07, 6.45) is 1.59. The minimum Gasteiger partial charge on any atom is -0.268 e. The molecule has 0 bridgehead atoms. The Labute approximate surface area is 162 Å². The van der Waals surface area contributed by atoms with Crippen LogP contribution in [0.2, 0.25) is 10.0 Å². The molecule has 1 fully saturated rings. The Hall–Kier alpha value is -1.93. The summed E-state index contributed by atoms with van der Waals surface area (Å²) < 4.78 is 0.327. The lowest BCUT2D eigenvalue weighted by molar-refractivity contribution is -0.384. The van der Waals surface area contributed by atoms with Crippen LogP contribution in [0.3, 0.4) is 0 Å². The summed E-state index contributed by atoms with van der Waals surface area (Å²) in [6, 6.07) is 10.7. The van der Waals surface area contributed by atoms with E-state index in [0.717, 1.165) is 11.8 Å². The fraction of sp³-hybridized carbons (Fsp3) is 0. The molecule has 0 aliphatic carbocycles. The van der Waals surface area contributed by atoms with E-state index in [4.69, 9.17) is 35.4 Å². The first kappa shape index (κ1) is 17.9. The molecule has 3 rings (SSSR count). The standard InChI is InChI=1S/C16H8Cl2N2O3S2/c17-12-2-1-3-13(18)11(12)8-14-15(21)19(16(24)25-14)9-4-6-10(7-5-9)20(22)23/h1-8H/b14-8+. The Balaban J connectivity index is 1.95. The van der Waals surface area contributed by atoms with E-state index in [-0.39, 0.29) is 11.6 Å². The van der Waals surface area contributed by atoms with Crippen molar-refractivity contribution < 1.29 is 9.72 Å². The molecule has 1 heterocycles. The predicted octanol–water partition coefficient (Wildman–Crippen LogP) is 5.31. The molecule has 0 aromatic heterocycles. The van der Waals surface area contributed by atoms with Gasteiger partial charge in [0.15, 0.2) is 4.32 Å². The highest BCUT2D eigenvalue weighted by Gasteiger charge is 2.33. The molecule has 0 radical (unpaired) electrons. The highest BCUT2D eigenvalue weighted by molar-refractivity contribution is 8.27. The van der Waals surface area contributed by atoms with E-state index in [2.05, 4.69) is 0 Å². The zero-order valence-corrected chi connectivity index (χ0v) is 15.5. The van der Waals surface area contributed by atoms with Crippen molar-refractivity contribution in [1.82, 2.24) is 0 Å². The van der Waals surface area contributed by atoms with Crippen LogP contribution in [0.1, 0.15) is 5.56 Å². The Bertz CT molecular complexity index is 909. The zero-order chi connectivity index (χ0) is 18.1. The molecule has 25 heavy (non-hydrogen) atoms. The van der Waals surface area contributed by atoms with Gasteiger partial charge in [0.05, 0.1) is 15.5 Å². The number of amides is 1. The Morgan fingerprint density at radius 1 is 1.12 bits per heavy atom. The molecule has 1 saturated heterocycles. The summed E-state index contributed by atoms with van der Waals surface area (Å²) in [7, 11) is 0. The average Bonchev–Trinajstić information content (AvgIpc) is 2.85. The minimum atomic E-state index is -0.507. The second-order valence-corrected chi connectivity index (χ2v) is 7.42. The molecule has 0 saturated carbocycles. The number of hydrogen-bond donors (Lipinski definition) is 0.